The van der Waals surface area contributed by atoms with Gasteiger partial charge in [0, 0.05) is 16.3 Å². The summed E-state index contributed by atoms with van der Waals surface area (Å²) in [6.45, 7) is -0.178. The molecule has 0 fully saturated rings. The molecule has 0 atom stereocenters. The first-order chi connectivity index (χ1) is 12.5. The number of halogens is 1. The number of hydrogen-bond donors (Lipinski definition) is 2. The number of amidine groups is 1. The minimum atomic E-state index is -0.386. The van der Waals surface area contributed by atoms with Gasteiger partial charge in [0.15, 0.2) is 11.8 Å². The fraction of sp³-hybridized carbons (Fsp3) is 0.0556. The minimum Gasteiger partial charge on any atom is -0.483 e. The lowest BCUT2D eigenvalue weighted by molar-refractivity contribution is -0.118. The summed E-state index contributed by atoms with van der Waals surface area (Å²) in [4.78, 5) is 27.8. The summed E-state index contributed by atoms with van der Waals surface area (Å²) in [5.74, 6) is -0.221. The van der Waals surface area contributed by atoms with E-state index in [0.717, 1.165) is 11.8 Å². The molecular weight excluding hydrogens is 374 g/mol. The van der Waals surface area contributed by atoms with E-state index >= 15 is 0 Å². The first-order valence-electron chi connectivity index (χ1n) is 7.56. The van der Waals surface area contributed by atoms with Crippen LogP contribution in [0, 0.1) is 0 Å². The predicted octanol–water partition coefficient (Wildman–Crippen LogP) is 3.29. The van der Waals surface area contributed by atoms with Gasteiger partial charge in [0.25, 0.3) is 11.8 Å². The lowest BCUT2D eigenvalue weighted by atomic mass is 10.2. The van der Waals surface area contributed by atoms with Crippen LogP contribution in [0.5, 0.6) is 5.75 Å². The highest BCUT2D eigenvalue weighted by molar-refractivity contribution is 8.18. The highest BCUT2D eigenvalue weighted by Crippen LogP contribution is 2.29. The van der Waals surface area contributed by atoms with Gasteiger partial charge in [-0.1, -0.05) is 29.8 Å². The van der Waals surface area contributed by atoms with Gasteiger partial charge >= 0.3 is 0 Å². The Hall–Kier alpha value is -2.77. The van der Waals surface area contributed by atoms with Gasteiger partial charge in [-0.3, -0.25) is 9.59 Å². The molecule has 2 amide bonds. The maximum absolute atomic E-state index is 12.0. The molecule has 132 valence electrons. The number of carbonyl (C=O) groups is 2. The first kappa shape index (κ1) is 18.0. The Morgan fingerprint density at radius 3 is 2.65 bits per heavy atom. The van der Waals surface area contributed by atoms with E-state index in [1.807, 2.05) is 0 Å². The third-order valence-corrected chi connectivity index (χ3v) is 4.39. The molecule has 0 radical (unpaired) electrons. The van der Waals surface area contributed by atoms with Crippen molar-refractivity contribution in [2.45, 2.75) is 0 Å². The second-order valence-electron chi connectivity index (χ2n) is 5.25. The van der Waals surface area contributed by atoms with E-state index in [4.69, 9.17) is 22.1 Å². The molecule has 1 aliphatic heterocycles. The van der Waals surface area contributed by atoms with Crippen molar-refractivity contribution in [3.8, 4) is 5.75 Å². The molecule has 3 rings (SSSR count). The Balaban J connectivity index is 1.65. The molecule has 0 unspecified atom stereocenters. The predicted molar refractivity (Wildman–Crippen MR) is 104 cm³/mol. The Kier molecular flexibility index (Phi) is 5.60. The fourth-order valence-electron chi connectivity index (χ4n) is 2.17. The Morgan fingerprint density at radius 1 is 1.23 bits per heavy atom. The molecule has 8 heteroatoms. The minimum absolute atomic E-state index is 0.178. The zero-order chi connectivity index (χ0) is 18.5. The highest BCUT2D eigenvalue weighted by Gasteiger charge is 2.20. The van der Waals surface area contributed by atoms with Crippen LogP contribution in [0.1, 0.15) is 5.56 Å². The molecule has 0 bridgehead atoms. The van der Waals surface area contributed by atoms with E-state index in [1.165, 1.54) is 0 Å². The smallest absolute Gasteiger partial charge is 0.286 e. The average Bonchev–Trinajstić information content (AvgIpc) is 2.93. The molecule has 6 nitrogen and oxygen atoms in total. The fourth-order valence-corrected chi connectivity index (χ4v) is 2.97. The second kappa shape index (κ2) is 8.07. The lowest BCUT2D eigenvalue weighted by Gasteiger charge is -2.10. The van der Waals surface area contributed by atoms with Crippen LogP contribution in [-0.4, -0.2) is 23.6 Å². The number of nitrogens with one attached hydrogen (secondary N) is 1. The summed E-state index contributed by atoms with van der Waals surface area (Å²) in [5.41, 5.74) is 6.83. The normalized spacial score (nSPS) is 15.0. The average molecular weight is 388 g/mol. The van der Waals surface area contributed by atoms with Gasteiger partial charge in [0.05, 0.1) is 4.91 Å². The topological polar surface area (TPSA) is 93.8 Å². The molecule has 0 aliphatic carbocycles. The van der Waals surface area contributed by atoms with Crippen molar-refractivity contribution in [1.29, 1.82) is 0 Å². The number of ether oxygens (including phenoxy) is 1. The number of nitrogens with zero attached hydrogens (tertiary/aromatic N) is 1. The number of aliphatic imine (C=N–C) groups is 1. The summed E-state index contributed by atoms with van der Waals surface area (Å²) in [5, 5.41) is 3.51. The van der Waals surface area contributed by atoms with Crippen molar-refractivity contribution < 1.29 is 14.3 Å². The number of hydrogen-bond acceptors (Lipinski definition) is 5. The maximum Gasteiger partial charge on any atom is 0.286 e. The highest BCUT2D eigenvalue weighted by atomic mass is 35.5. The molecule has 2 aromatic rings. The number of benzene rings is 2. The Bertz CT molecular complexity index is 910. The molecule has 3 N–H and O–H groups in total. The number of nitrogens with two attached hydrogens (primary N) is 1. The zero-order valence-corrected chi connectivity index (χ0v) is 15.0. The number of thioether (sulfide) groups is 1. The van der Waals surface area contributed by atoms with E-state index in [9.17, 15) is 9.59 Å². The van der Waals surface area contributed by atoms with Gasteiger partial charge in [-0.2, -0.15) is 4.99 Å². The number of amides is 2. The number of para-hydroxylation sites is 1. The van der Waals surface area contributed by atoms with Crippen LogP contribution < -0.4 is 15.8 Å². The maximum atomic E-state index is 12.0. The van der Waals surface area contributed by atoms with E-state index in [1.54, 1.807) is 54.6 Å². The molecule has 0 saturated heterocycles. The number of carbonyl (C=O) groups excluding carboxylic acids is 2. The van der Waals surface area contributed by atoms with Crippen molar-refractivity contribution in [3.63, 3.8) is 0 Å². The third-order valence-electron chi connectivity index (χ3n) is 3.33. The number of anilines is 1. The largest absolute Gasteiger partial charge is 0.483 e. The van der Waals surface area contributed by atoms with Crippen LogP contribution in [0.15, 0.2) is 58.4 Å². The van der Waals surface area contributed by atoms with Gasteiger partial charge in [0.2, 0.25) is 0 Å². The molecule has 1 aliphatic rings. The molecule has 1 heterocycles. The summed E-state index contributed by atoms with van der Waals surface area (Å²) >= 11 is 6.91. The van der Waals surface area contributed by atoms with Crippen molar-refractivity contribution in [3.05, 3.63) is 64.0 Å². The molecule has 0 saturated carbocycles. The quantitative estimate of drug-likeness (QED) is 0.768. The van der Waals surface area contributed by atoms with Gasteiger partial charge in [-0.15, -0.1) is 0 Å². The van der Waals surface area contributed by atoms with Crippen LogP contribution in [0.2, 0.25) is 5.02 Å². The standard InChI is InChI=1S/C18H14ClN3O3S/c19-12-5-7-13(8-6-12)21-16(23)10-25-14-4-2-1-3-11(14)9-15-17(24)22-18(20)26-15/h1-9H,10H2,(H,21,23)(H2,20,22,24)/b15-9+. The first-order valence-corrected chi connectivity index (χ1v) is 8.76. The van der Waals surface area contributed by atoms with Crippen LogP contribution in [0.25, 0.3) is 6.08 Å². The molecular formula is C18H14ClN3O3S. The van der Waals surface area contributed by atoms with Gasteiger partial charge in [0.1, 0.15) is 5.75 Å². The number of rotatable bonds is 5. The Labute approximate surface area is 159 Å². The third kappa shape index (κ3) is 4.65. The van der Waals surface area contributed by atoms with E-state index in [-0.39, 0.29) is 23.6 Å². The van der Waals surface area contributed by atoms with Gasteiger partial charge in [-0.25, -0.2) is 0 Å². The van der Waals surface area contributed by atoms with Crippen molar-refractivity contribution in [2.24, 2.45) is 10.7 Å². The van der Waals surface area contributed by atoms with Crippen LogP contribution in [0.4, 0.5) is 5.69 Å². The monoisotopic (exact) mass is 387 g/mol. The second-order valence-corrected chi connectivity index (χ2v) is 6.75. The van der Waals surface area contributed by atoms with Gasteiger partial charge < -0.3 is 15.8 Å². The molecule has 0 aromatic heterocycles. The Morgan fingerprint density at radius 2 is 1.96 bits per heavy atom. The SMILES string of the molecule is NC1=NC(=O)/C(=C\c2ccccc2OCC(=O)Nc2ccc(Cl)cc2)S1. The molecule has 2 aromatic carbocycles. The summed E-state index contributed by atoms with van der Waals surface area (Å²) in [7, 11) is 0. The van der Waals surface area contributed by atoms with Crippen LogP contribution in [0.3, 0.4) is 0 Å². The van der Waals surface area contributed by atoms with E-state index in [2.05, 4.69) is 10.3 Å². The lowest BCUT2D eigenvalue weighted by Crippen LogP contribution is -2.20. The van der Waals surface area contributed by atoms with Crippen LogP contribution >= 0.6 is 23.4 Å². The molecule has 0 spiro atoms. The van der Waals surface area contributed by atoms with Crippen molar-refractivity contribution in [2.75, 3.05) is 11.9 Å². The van der Waals surface area contributed by atoms with Crippen LogP contribution in [-0.2, 0) is 9.59 Å². The van der Waals surface area contributed by atoms with E-state index < -0.39 is 0 Å². The zero-order valence-electron chi connectivity index (χ0n) is 13.4. The van der Waals surface area contributed by atoms with Gasteiger partial charge in [-0.05, 0) is 48.2 Å². The summed E-state index contributed by atoms with van der Waals surface area (Å²) < 4.78 is 5.60. The summed E-state index contributed by atoms with van der Waals surface area (Å²) in [6.07, 6.45) is 1.64. The van der Waals surface area contributed by atoms with E-state index in [0.29, 0.717) is 26.9 Å². The molecule has 26 heavy (non-hydrogen) atoms. The van der Waals surface area contributed by atoms with Crippen molar-refractivity contribution >= 4 is 52.1 Å². The van der Waals surface area contributed by atoms with Crippen molar-refractivity contribution in [1.82, 2.24) is 0 Å². The summed E-state index contributed by atoms with van der Waals surface area (Å²) in [6, 6.07) is 13.9.